The zero-order chi connectivity index (χ0) is 15.2. The SMILES string of the molecule is Cn1ccc2cc(-c3n[nH]c(S(C)(=O)=O)n3)ccc2c1=O. The average molecular weight is 304 g/mol. The van der Waals surface area contributed by atoms with Crippen LogP contribution in [-0.4, -0.2) is 34.4 Å². The van der Waals surface area contributed by atoms with E-state index in [0.29, 0.717) is 10.9 Å². The number of benzene rings is 1. The van der Waals surface area contributed by atoms with Crippen molar-refractivity contribution < 1.29 is 8.42 Å². The van der Waals surface area contributed by atoms with Crippen LogP contribution in [0.3, 0.4) is 0 Å². The van der Waals surface area contributed by atoms with Crippen molar-refractivity contribution in [2.24, 2.45) is 7.05 Å². The summed E-state index contributed by atoms with van der Waals surface area (Å²) in [6.07, 6.45) is 2.73. The number of aryl methyl sites for hydroxylation is 1. The molecule has 108 valence electrons. The van der Waals surface area contributed by atoms with Crippen LogP contribution in [0.5, 0.6) is 0 Å². The van der Waals surface area contributed by atoms with Crippen LogP contribution in [0.25, 0.3) is 22.2 Å². The van der Waals surface area contributed by atoms with Crippen molar-refractivity contribution in [2.75, 3.05) is 6.26 Å². The Morgan fingerprint density at radius 3 is 2.67 bits per heavy atom. The van der Waals surface area contributed by atoms with E-state index < -0.39 is 9.84 Å². The lowest BCUT2D eigenvalue weighted by molar-refractivity contribution is 0.594. The first kappa shape index (κ1) is 13.5. The van der Waals surface area contributed by atoms with Crippen LogP contribution in [0, 0.1) is 0 Å². The molecule has 0 aliphatic heterocycles. The van der Waals surface area contributed by atoms with E-state index in [2.05, 4.69) is 15.2 Å². The van der Waals surface area contributed by atoms with Gasteiger partial charge in [-0.1, -0.05) is 6.07 Å². The number of nitrogens with zero attached hydrogens (tertiary/aromatic N) is 3. The molecule has 0 radical (unpaired) electrons. The van der Waals surface area contributed by atoms with Gasteiger partial charge >= 0.3 is 0 Å². The molecule has 0 unspecified atom stereocenters. The molecule has 1 N–H and O–H groups in total. The van der Waals surface area contributed by atoms with Crippen LogP contribution in [0.4, 0.5) is 0 Å². The number of hydrogen-bond donors (Lipinski definition) is 1. The fraction of sp³-hybridized carbons (Fsp3) is 0.154. The molecule has 0 fully saturated rings. The van der Waals surface area contributed by atoms with Crippen LogP contribution in [-0.2, 0) is 16.9 Å². The highest BCUT2D eigenvalue weighted by Crippen LogP contribution is 2.20. The topological polar surface area (TPSA) is 97.7 Å². The number of rotatable bonds is 2. The van der Waals surface area contributed by atoms with Crippen molar-refractivity contribution in [1.82, 2.24) is 19.7 Å². The molecular formula is C13H12N4O3S. The van der Waals surface area contributed by atoms with Gasteiger partial charge in [-0.2, -0.15) is 10.1 Å². The summed E-state index contributed by atoms with van der Waals surface area (Å²) < 4.78 is 24.3. The summed E-state index contributed by atoms with van der Waals surface area (Å²) in [5.74, 6) is 0.276. The highest BCUT2D eigenvalue weighted by Gasteiger charge is 2.14. The Bertz CT molecular complexity index is 1000. The van der Waals surface area contributed by atoms with Gasteiger partial charge in [0.15, 0.2) is 5.82 Å². The van der Waals surface area contributed by atoms with E-state index in [1.807, 2.05) is 6.07 Å². The molecule has 2 heterocycles. The van der Waals surface area contributed by atoms with Crippen LogP contribution in [0.2, 0.25) is 0 Å². The Morgan fingerprint density at radius 1 is 1.24 bits per heavy atom. The molecule has 3 aromatic rings. The molecule has 1 aromatic carbocycles. The number of hydrogen-bond acceptors (Lipinski definition) is 5. The summed E-state index contributed by atoms with van der Waals surface area (Å²) in [4.78, 5) is 15.9. The van der Waals surface area contributed by atoms with Gasteiger partial charge in [-0.3, -0.25) is 4.79 Å². The van der Waals surface area contributed by atoms with E-state index in [9.17, 15) is 13.2 Å². The van der Waals surface area contributed by atoms with Crippen molar-refractivity contribution in [3.05, 3.63) is 40.8 Å². The maximum atomic E-state index is 12.0. The third-order valence-corrected chi connectivity index (χ3v) is 4.04. The predicted octanol–water partition coefficient (Wildman–Crippen LogP) is 0.727. The summed E-state index contributed by atoms with van der Waals surface area (Å²) in [6.45, 7) is 0. The van der Waals surface area contributed by atoms with Crippen molar-refractivity contribution in [3.63, 3.8) is 0 Å². The molecule has 3 rings (SSSR count). The first-order valence-corrected chi connectivity index (χ1v) is 7.97. The first-order valence-electron chi connectivity index (χ1n) is 6.08. The molecule has 0 aliphatic rings. The molecule has 0 spiro atoms. The normalized spacial score (nSPS) is 11.9. The minimum absolute atomic E-state index is 0.0918. The van der Waals surface area contributed by atoms with Gasteiger partial charge < -0.3 is 4.57 Å². The number of sulfone groups is 1. The maximum Gasteiger partial charge on any atom is 0.258 e. The summed E-state index contributed by atoms with van der Waals surface area (Å²) in [5.41, 5.74) is 0.549. The van der Waals surface area contributed by atoms with Crippen molar-refractivity contribution in [3.8, 4) is 11.4 Å². The molecule has 0 amide bonds. The third kappa shape index (κ3) is 2.33. The molecule has 0 saturated heterocycles. The lowest BCUT2D eigenvalue weighted by Gasteiger charge is -2.02. The van der Waals surface area contributed by atoms with Gasteiger partial charge in [-0.25, -0.2) is 13.5 Å². The molecule has 0 bridgehead atoms. The monoisotopic (exact) mass is 304 g/mol. The molecule has 0 aliphatic carbocycles. The maximum absolute atomic E-state index is 12.0. The Hall–Kier alpha value is -2.48. The second-order valence-electron chi connectivity index (χ2n) is 4.77. The van der Waals surface area contributed by atoms with Crippen molar-refractivity contribution in [2.45, 2.75) is 5.16 Å². The lowest BCUT2D eigenvalue weighted by Crippen LogP contribution is -2.15. The van der Waals surface area contributed by atoms with Crippen LogP contribution < -0.4 is 5.56 Å². The minimum Gasteiger partial charge on any atom is -0.318 e. The van der Waals surface area contributed by atoms with Gasteiger partial charge in [0.2, 0.25) is 15.0 Å². The third-order valence-electron chi connectivity index (χ3n) is 3.15. The van der Waals surface area contributed by atoms with Crippen LogP contribution >= 0.6 is 0 Å². The molecule has 7 nitrogen and oxygen atoms in total. The highest BCUT2D eigenvalue weighted by atomic mass is 32.2. The number of aromatic amines is 1. The van der Waals surface area contributed by atoms with E-state index in [0.717, 1.165) is 11.6 Å². The number of nitrogens with one attached hydrogen (secondary N) is 1. The van der Waals surface area contributed by atoms with Gasteiger partial charge in [-0.15, -0.1) is 0 Å². The highest BCUT2D eigenvalue weighted by molar-refractivity contribution is 7.90. The minimum atomic E-state index is -3.43. The van der Waals surface area contributed by atoms with E-state index in [4.69, 9.17) is 0 Å². The first-order chi connectivity index (χ1) is 9.86. The molecule has 0 atom stereocenters. The Balaban J connectivity index is 2.16. The summed E-state index contributed by atoms with van der Waals surface area (Å²) in [7, 11) is -1.74. The van der Waals surface area contributed by atoms with Crippen molar-refractivity contribution in [1.29, 1.82) is 0 Å². The smallest absolute Gasteiger partial charge is 0.258 e. The van der Waals surface area contributed by atoms with Gasteiger partial charge in [0.1, 0.15) is 0 Å². The number of pyridine rings is 1. The van der Waals surface area contributed by atoms with Gasteiger partial charge in [0, 0.05) is 30.4 Å². The fourth-order valence-electron chi connectivity index (χ4n) is 2.03. The summed E-state index contributed by atoms with van der Waals surface area (Å²) >= 11 is 0. The Labute approximate surface area is 120 Å². The quantitative estimate of drug-likeness (QED) is 0.752. The Kier molecular flexibility index (Phi) is 2.91. The second kappa shape index (κ2) is 4.52. The number of aromatic nitrogens is 4. The van der Waals surface area contributed by atoms with Crippen LogP contribution in [0.1, 0.15) is 0 Å². The van der Waals surface area contributed by atoms with E-state index in [1.165, 1.54) is 4.57 Å². The van der Waals surface area contributed by atoms with Crippen LogP contribution in [0.15, 0.2) is 40.4 Å². The fourth-order valence-corrected chi connectivity index (χ4v) is 2.49. The second-order valence-corrected chi connectivity index (χ2v) is 6.70. The average Bonchev–Trinajstić information content (AvgIpc) is 2.92. The largest absolute Gasteiger partial charge is 0.318 e. The van der Waals surface area contributed by atoms with Gasteiger partial charge in [-0.05, 0) is 23.6 Å². The lowest BCUT2D eigenvalue weighted by atomic mass is 10.1. The molecular weight excluding hydrogens is 292 g/mol. The zero-order valence-electron chi connectivity index (χ0n) is 11.4. The molecule has 21 heavy (non-hydrogen) atoms. The predicted molar refractivity (Wildman–Crippen MR) is 77.7 cm³/mol. The number of fused-ring (bicyclic) bond motifs is 1. The standard InChI is InChI=1S/C13H12N4O3S/c1-17-6-5-8-7-9(3-4-10(8)12(17)18)11-14-13(16-15-11)21(2,19)20/h3-7H,1-2H3,(H,14,15,16). The molecule has 2 aromatic heterocycles. The molecule has 8 heteroatoms. The van der Waals surface area contributed by atoms with Gasteiger partial charge in [0.25, 0.3) is 5.56 Å². The zero-order valence-corrected chi connectivity index (χ0v) is 12.2. The summed E-state index contributed by atoms with van der Waals surface area (Å²) in [6, 6.07) is 6.94. The number of H-pyrrole nitrogens is 1. The molecule has 0 saturated carbocycles. The van der Waals surface area contributed by atoms with Crippen molar-refractivity contribution >= 4 is 20.6 Å². The van der Waals surface area contributed by atoms with Gasteiger partial charge in [0.05, 0.1) is 0 Å². The van der Waals surface area contributed by atoms with E-state index in [1.54, 1.807) is 31.4 Å². The van der Waals surface area contributed by atoms with E-state index >= 15 is 0 Å². The summed E-state index contributed by atoms with van der Waals surface area (Å²) in [5, 5.41) is 7.46. The van der Waals surface area contributed by atoms with E-state index in [-0.39, 0.29) is 16.5 Å². The Morgan fingerprint density at radius 2 is 2.00 bits per heavy atom.